The topological polar surface area (TPSA) is 33.1 Å². The molecule has 1 aliphatic rings. The van der Waals surface area contributed by atoms with Crippen molar-refractivity contribution in [3.05, 3.63) is 71.8 Å². The van der Waals surface area contributed by atoms with Crippen LogP contribution in [0.2, 0.25) is 0 Å². The molecule has 3 aromatic carbocycles. The van der Waals surface area contributed by atoms with Crippen molar-refractivity contribution >= 4 is 21.7 Å². The molecular weight excluding hydrogens is 318 g/mol. The highest BCUT2D eigenvalue weighted by atomic mass is 16.3. The number of phenols is 1. The van der Waals surface area contributed by atoms with Crippen LogP contribution in [-0.2, 0) is 12.8 Å². The number of rotatable bonds is 1. The Morgan fingerprint density at radius 3 is 2.73 bits per heavy atom. The summed E-state index contributed by atoms with van der Waals surface area (Å²) in [5.74, 6) is 0.977. The van der Waals surface area contributed by atoms with Gasteiger partial charge in [0.2, 0.25) is 0 Å². The third kappa shape index (κ3) is 2.37. The van der Waals surface area contributed by atoms with E-state index in [4.69, 9.17) is 4.98 Å². The summed E-state index contributed by atoms with van der Waals surface area (Å²) >= 11 is 0. The van der Waals surface area contributed by atoms with Crippen LogP contribution in [0.4, 0.5) is 0 Å². The first-order chi connectivity index (χ1) is 12.7. The molecule has 0 saturated heterocycles. The van der Waals surface area contributed by atoms with Gasteiger partial charge in [-0.05, 0) is 65.3 Å². The molecule has 0 amide bonds. The van der Waals surface area contributed by atoms with E-state index in [1.165, 1.54) is 33.7 Å². The van der Waals surface area contributed by atoms with Gasteiger partial charge in [0, 0.05) is 10.9 Å². The van der Waals surface area contributed by atoms with Gasteiger partial charge in [-0.2, -0.15) is 0 Å². The van der Waals surface area contributed by atoms with Crippen LogP contribution < -0.4 is 0 Å². The first-order valence-corrected chi connectivity index (χ1v) is 9.33. The SMILES string of the molecule is CC1CCc2c(-c3cccc(O)c3)nc3ccc4ccccc4c3c2C1. The molecule has 0 fully saturated rings. The number of phenolic OH excluding ortho intramolecular Hbond substituents is 1. The van der Waals surface area contributed by atoms with Crippen molar-refractivity contribution in [2.45, 2.75) is 26.2 Å². The molecule has 0 aliphatic heterocycles. The number of nitrogens with zero attached hydrogens (tertiary/aromatic N) is 1. The predicted octanol–water partition coefficient (Wildman–Crippen LogP) is 5.89. The maximum atomic E-state index is 9.95. The maximum Gasteiger partial charge on any atom is 0.116 e. The highest BCUT2D eigenvalue weighted by molar-refractivity contribution is 6.09. The molecule has 5 rings (SSSR count). The molecule has 1 N–H and O–H groups in total. The normalized spacial score (nSPS) is 16.7. The van der Waals surface area contributed by atoms with Crippen molar-refractivity contribution in [2.24, 2.45) is 5.92 Å². The Morgan fingerprint density at radius 1 is 0.962 bits per heavy atom. The van der Waals surface area contributed by atoms with E-state index in [0.29, 0.717) is 11.7 Å². The van der Waals surface area contributed by atoms with Gasteiger partial charge < -0.3 is 5.11 Å². The van der Waals surface area contributed by atoms with Gasteiger partial charge >= 0.3 is 0 Å². The molecule has 0 bridgehead atoms. The second-order valence-electron chi connectivity index (χ2n) is 7.50. The summed E-state index contributed by atoms with van der Waals surface area (Å²) in [6.45, 7) is 2.34. The van der Waals surface area contributed by atoms with Crippen LogP contribution in [0.15, 0.2) is 60.7 Å². The largest absolute Gasteiger partial charge is 0.508 e. The number of fused-ring (bicyclic) bond motifs is 5. The Labute approximate surface area is 153 Å². The van der Waals surface area contributed by atoms with Crippen molar-refractivity contribution in [2.75, 3.05) is 0 Å². The lowest BCUT2D eigenvalue weighted by Gasteiger charge is -2.26. The molecule has 0 radical (unpaired) electrons. The van der Waals surface area contributed by atoms with E-state index >= 15 is 0 Å². The van der Waals surface area contributed by atoms with Crippen LogP contribution in [0.25, 0.3) is 32.9 Å². The average molecular weight is 339 g/mol. The monoisotopic (exact) mass is 339 g/mol. The van der Waals surface area contributed by atoms with Gasteiger partial charge in [-0.3, -0.25) is 0 Å². The molecule has 2 nitrogen and oxygen atoms in total. The molecule has 128 valence electrons. The molecular formula is C24H21NO. The van der Waals surface area contributed by atoms with Crippen molar-refractivity contribution < 1.29 is 5.11 Å². The first-order valence-electron chi connectivity index (χ1n) is 9.33. The Balaban J connectivity index is 1.90. The smallest absolute Gasteiger partial charge is 0.116 e. The quantitative estimate of drug-likeness (QED) is 0.439. The van der Waals surface area contributed by atoms with Gasteiger partial charge in [0.25, 0.3) is 0 Å². The number of hydrogen-bond donors (Lipinski definition) is 1. The Bertz CT molecular complexity index is 1150. The summed E-state index contributed by atoms with van der Waals surface area (Å²) in [6.07, 6.45) is 3.33. The third-order valence-corrected chi connectivity index (χ3v) is 5.65. The van der Waals surface area contributed by atoms with Crippen LogP contribution in [-0.4, -0.2) is 10.1 Å². The van der Waals surface area contributed by atoms with Gasteiger partial charge in [0.05, 0.1) is 11.2 Å². The van der Waals surface area contributed by atoms with E-state index in [1.54, 1.807) is 6.07 Å². The molecule has 2 heteroatoms. The van der Waals surface area contributed by atoms with Gasteiger partial charge in [-0.25, -0.2) is 4.98 Å². The van der Waals surface area contributed by atoms with Crippen LogP contribution in [0.3, 0.4) is 0 Å². The standard InChI is InChI=1S/C24H21NO/c1-15-9-11-20-21(13-15)23-19-8-3-2-5-16(19)10-12-22(23)25-24(20)17-6-4-7-18(26)14-17/h2-8,10,12,14-15,26H,9,11,13H2,1H3. The highest BCUT2D eigenvalue weighted by Crippen LogP contribution is 2.39. The molecule has 1 aliphatic carbocycles. The van der Waals surface area contributed by atoms with Crippen molar-refractivity contribution in [3.8, 4) is 17.0 Å². The fourth-order valence-electron chi connectivity index (χ4n) is 4.38. The lowest BCUT2D eigenvalue weighted by atomic mass is 9.80. The van der Waals surface area contributed by atoms with Crippen molar-refractivity contribution in [1.82, 2.24) is 4.98 Å². The average Bonchev–Trinajstić information content (AvgIpc) is 2.66. The van der Waals surface area contributed by atoms with Crippen molar-refractivity contribution in [1.29, 1.82) is 0 Å². The lowest BCUT2D eigenvalue weighted by molar-refractivity contribution is 0.475. The minimum atomic E-state index is 0.292. The molecule has 26 heavy (non-hydrogen) atoms. The summed E-state index contributed by atoms with van der Waals surface area (Å²) in [5, 5.41) is 13.8. The number of aromatic nitrogens is 1. The zero-order valence-electron chi connectivity index (χ0n) is 14.9. The molecule has 4 aromatic rings. The highest BCUT2D eigenvalue weighted by Gasteiger charge is 2.23. The number of pyridine rings is 1. The Hall–Kier alpha value is -2.87. The van der Waals surface area contributed by atoms with Crippen LogP contribution in [0.5, 0.6) is 5.75 Å². The zero-order chi connectivity index (χ0) is 17.7. The number of hydrogen-bond acceptors (Lipinski definition) is 2. The van der Waals surface area contributed by atoms with E-state index in [9.17, 15) is 5.11 Å². The molecule has 1 heterocycles. The second-order valence-corrected chi connectivity index (χ2v) is 7.50. The Kier molecular flexibility index (Phi) is 3.46. The fraction of sp³-hybridized carbons (Fsp3) is 0.208. The van der Waals surface area contributed by atoms with E-state index in [-0.39, 0.29) is 0 Å². The fourth-order valence-corrected chi connectivity index (χ4v) is 4.38. The molecule has 0 saturated carbocycles. The lowest BCUT2D eigenvalue weighted by Crippen LogP contribution is -2.14. The van der Waals surface area contributed by atoms with Gasteiger partial charge in [-0.1, -0.05) is 49.4 Å². The maximum absolute atomic E-state index is 9.95. The Morgan fingerprint density at radius 2 is 1.85 bits per heavy atom. The molecule has 1 unspecified atom stereocenters. The van der Waals surface area contributed by atoms with E-state index in [2.05, 4.69) is 43.3 Å². The number of aromatic hydroxyl groups is 1. The number of benzene rings is 3. The van der Waals surface area contributed by atoms with E-state index < -0.39 is 0 Å². The second kappa shape index (κ2) is 5.84. The summed E-state index contributed by atoms with van der Waals surface area (Å²) in [6, 6.07) is 20.4. The van der Waals surface area contributed by atoms with Gasteiger partial charge in [-0.15, -0.1) is 0 Å². The van der Waals surface area contributed by atoms with Crippen LogP contribution in [0, 0.1) is 5.92 Å². The van der Waals surface area contributed by atoms with E-state index in [1.807, 2.05) is 18.2 Å². The molecule has 0 spiro atoms. The minimum Gasteiger partial charge on any atom is -0.508 e. The van der Waals surface area contributed by atoms with Gasteiger partial charge in [0.15, 0.2) is 0 Å². The summed E-state index contributed by atoms with van der Waals surface area (Å²) < 4.78 is 0. The third-order valence-electron chi connectivity index (χ3n) is 5.65. The zero-order valence-corrected chi connectivity index (χ0v) is 14.9. The minimum absolute atomic E-state index is 0.292. The first kappa shape index (κ1) is 15.4. The predicted molar refractivity (Wildman–Crippen MR) is 108 cm³/mol. The summed E-state index contributed by atoms with van der Waals surface area (Å²) in [4.78, 5) is 5.06. The molecule has 1 aromatic heterocycles. The van der Waals surface area contributed by atoms with Crippen molar-refractivity contribution in [3.63, 3.8) is 0 Å². The van der Waals surface area contributed by atoms with E-state index in [0.717, 1.165) is 29.6 Å². The summed E-state index contributed by atoms with van der Waals surface area (Å²) in [7, 11) is 0. The van der Waals surface area contributed by atoms with Crippen LogP contribution in [0.1, 0.15) is 24.5 Å². The molecule has 1 atom stereocenters. The van der Waals surface area contributed by atoms with Crippen LogP contribution >= 0.6 is 0 Å². The summed E-state index contributed by atoms with van der Waals surface area (Å²) in [5.41, 5.74) is 5.90. The van der Waals surface area contributed by atoms with Gasteiger partial charge in [0.1, 0.15) is 5.75 Å².